The molecular formula is C20H31N3O. The highest BCUT2D eigenvalue weighted by atomic mass is 16.5. The number of aryl methyl sites for hydroxylation is 2. The molecule has 0 bridgehead atoms. The first kappa shape index (κ1) is 17.4. The number of imidazole rings is 1. The SMILES string of the molecule is CC[C@@]1(C)O[C@@](C)(c2cnc3c(C)nc(C)cn23)C(C)(C)C1(C)C. The molecule has 132 valence electrons. The third-order valence-corrected chi connectivity index (χ3v) is 7.45. The van der Waals surface area contributed by atoms with E-state index in [-0.39, 0.29) is 16.4 Å². The second kappa shape index (κ2) is 4.81. The van der Waals surface area contributed by atoms with Crippen LogP contribution in [0.15, 0.2) is 12.4 Å². The van der Waals surface area contributed by atoms with Gasteiger partial charge in [0.25, 0.3) is 0 Å². The summed E-state index contributed by atoms with van der Waals surface area (Å²) in [6.45, 7) is 20.1. The molecule has 3 rings (SSSR count). The molecule has 1 saturated heterocycles. The molecule has 0 unspecified atom stereocenters. The first-order chi connectivity index (χ1) is 10.9. The van der Waals surface area contributed by atoms with Crippen LogP contribution in [-0.4, -0.2) is 20.0 Å². The molecule has 2 aromatic rings. The zero-order chi connectivity index (χ0) is 18.1. The fourth-order valence-electron chi connectivity index (χ4n) is 4.49. The van der Waals surface area contributed by atoms with Crippen LogP contribution in [0.3, 0.4) is 0 Å². The fraction of sp³-hybridized carbons (Fsp3) is 0.700. The standard InChI is InChI=1S/C20H31N3O/c1-10-19(8)17(4,5)18(6,7)20(9,24-19)15-11-21-16-14(3)22-13(2)12-23(15)16/h11-12H,10H2,1-9H3/t19-,20+/m1/s1. The van der Waals surface area contributed by atoms with Crippen molar-refractivity contribution in [3.63, 3.8) is 0 Å². The molecular weight excluding hydrogens is 298 g/mol. The van der Waals surface area contributed by atoms with E-state index in [1.54, 1.807) is 0 Å². The van der Waals surface area contributed by atoms with Crippen molar-refractivity contribution in [1.29, 1.82) is 0 Å². The van der Waals surface area contributed by atoms with Crippen molar-refractivity contribution in [2.45, 2.75) is 79.9 Å². The highest BCUT2D eigenvalue weighted by molar-refractivity contribution is 5.47. The summed E-state index contributed by atoms with van der Waals surface area (Å²) in [6, 6.07) is 0. The molecule has 24 heavy (non-hydrogen) atoms. The Morgan fingerprint density at radius 2 is 1.67 bits per heavy atom. The zero-order valence-electron chi connectivity index (χ0n) is 16.6. The van der Waals surface area contributed by atoms with Gasteiger partial charge in [-0.25, -0.2) is 4.98 Å². The minimum absolute atomic E-state index is 0.0186. The maximum atomic E-state index is 6.87. The molecule has 1 fully saturated rings. The molecule has 0 spiro atoms. The Morgan fingerprint density at radius 1 is 1.04 bits per heavy atom. The topological polar surface area (TPSA) is 39.4 Å². The number of nitrogens with zero attached hydrogens (tertiary/aromatic N) is 3. The molecule has 1 aliphatic rings. The molecule has 0 aromatic carbocycles. The Labute approximate surface area is 145 Å². The normalized spacial score (nSPS) is 31.7. The molecule has 1 aliphatic heterocycles. The van der Waals surface area contributed by atoms with E-state index in [9.17, 15) is 0 Å². The summed E-state index contributed by atoms with van der Waals surface area (Å²) in [5.74, 6) is 0. The van der Waals surface area contributed by atoms with Crippen molar-refractivity contribution < 1.29 is 4.74 Å². The summed E-state index contributed by atoms with van der Waals surface area (Å²) in [7, 11) is 0. The van der Waals surface area contributed by atoms with E-state index in [0.29, 0.717) is 0 Å². The molecule has 4 nitrogen and oxygen atoms in total. The van der Waals surface area contributed by atoms with Gasteiger partial charge in [-0.1, -0.05) is 34.6 Å². The van der Waals surface area contributed by atoms with Crippen LogP contribution in [0.5, 0.6) is 0 Å². The van der Waals surface area contributed by atoms with Crippen LogP contribution in [0.2, 0.25) is 0 Å². The van der Waals surface area contributed by atoms with Crippen LogP contribution in [0.25, 0.3) is 5.65 Å². The average molecular weight is 329 g/mol. The number of aromatic nitrogens is 3. The molecule has 0 saturated carbocycles. The summed E-state index contributed by atoms with van der Waals surface area (Å²) < 4.78 is 9.04. The first-order valence-electron chi connectivity index (χ1n) is 8.93. The van der Waals surface area contributed by atoms with E-state index in [1.165, 1.54) is 0 Å². The van der Waals surface area contributed by atoms with E-state index >= 15 is 0 Å². The molecule has 2 aromatic heterocycles. The minimum Gasteiger partial charge on any atom is -0.362 e. The zero-order valence-corrected chi connectivity index (χ0v) is 16.6. The van der Waals surface area contributed by atoms with Crippen LogP contribution in [-0.2, 0) is 10.3 Å². The van der Waals surface area contributed by atoms with Gasteiger partial charge >= 0.3 is 0 Å². The van der Waals surface area contributed by atoms with E-state index in [0.717, 1.165) is 29.1 Å². The number of rotatable bonds is 2. The van der Waals surface area contributed by atoms with Gasteiger partial charge in [-0.05, 0) is 34.1 Å². The van der Waals surface area contributed by atoms with Crippen molar-refractivity contribution in [3.05, 3.63) is 29.5 Å². The van der Waals surface area contributed by atoms with E-state index in [4.69, 9.17) is 4.74 Å². The maximum Gasteiger partial charge on any atom is 0.158 e. The van der Waals surface area contributed by atoms with Gasteiger partial charge in [0.1, 0.15) is 5.60 Å². The molecule has 3 heterocycles. The largest absolute Gasteiger partial charge is 0.362 e. The van der Waals surface area contributed by atoms with Crippen molar-refractivity contribution in [2.75, 3.05) is 0 Å². The van der Waals surface area contributed by atoms with Crippen molar-refractivity contribution >= 4 is 5.65 Å². The quantitative estimate of drug-likeness (QED) is 0.793. The summed E-state index contributed by atoms with van der Waals surface area (Å²) in [4.78, 5) is 9.21. The van der Waals surface area contributed by atoms with Gasteiger partial charge in [0.2, 0.25) is 0 Å². The summed E-state index contributed by atoms with van der Waals surface area (Å²) >= 11 is 0. The van der Waals surface area contributed by atoms with Crippen LogP contribution >= 0.6 is 0 Å². The van der Waals surface area contributed by atoms with Crippen LogP contribution < -0.4 is 0 Å². The van der Waals surface area contributed by atoms with Crippen LogP contribution in [0.1, 0.15) is 72.0 Å². The van der Waals surface area contributed by atoms with Crippen molar-refractivity contribution in [1.82, 2.24) is 14.4 Å². The van der Waals surface area contributed by atoms with Crippen LogP contribution in [0.4, 0.5) is 0 Å². The molecule has 2 atom stereocenters. The second-order valence-electron chi connectivity index (χ2n) is 8.77. The summed E-state index contributed by atoms with van der Waals surface area (Å²) in [5, 5.41) is 0. The van der Waals surface area contributed by atoms with Gasteiger partial charge in [-0.3, -0.25) is 9.38 Å². The number of hydrogen-bond donors (Lipinski definition) is 0. The predicted octanol–water partition coefficient (Wildman–Crippen LogP) is 4.81. The van der Waals surface area contributed by atoms with E-state index < -0.39 is 5.60 Å². The monoisotopic (exact) mass is 329 g/mol. The van der Waals surface area contributed by atoms with E-state index in [1.807, 2.05) is 20.0 Å². The van der Waals surface area contributed by atoms with Gasteiger partial charge in [0, 0.05) is 17.0 Å². The summed E-state index contributed by atoms with van der Waals surface area (Å²) in [6.07, 6.45) is 5.03. The lowest BCUT2D eigenvalue weighted by atomic mass is 9.56. The molecule has 0 aliphatic carbocycles. The smallest absolute Gasteiger partial charge is 0.158 e. The van der Waals surface area contributed by atoms with Crippen molar-refractivity contribution in [2.24, 2.45) is 10.8 Å². The molecule has 0 radical (unpaired) electrons. The van der Waals surface area contributed by atoms with Gasteiger partial charge in [-0.2, -0.15) is 0 Å². The average Bonchev–Trinajstić information content (AvgIpc) is 2.94. The van der Waals surface area contributed by atoms with Gasteiger partial charge in [0.15, 0.2) is 5.65 Å². The third kappa shape index (κ3) is 1.83. The molecule has 0 amide bonds. The highest BCUT2D eigenvalue weighted by Gasteiger charge is 2.68. The maximum absolute atomic E-state index is 6.87. The van der Waals surface area contributed by atoms with Gasteiger partial charge < -0.3 is 4.74 Å². The number of hydrogen-bond acceptors (Lipinski definition) is 3. The van der Waals surface area contributed by atoms with Crippen LogP contribution in [0, 0.1) is 24.7 Å². The third-order valence-electron chi connectivity index (χ3n) is 7.45. The predicted molar refractivity (Wildman–Crippen MR) is 97.2 cm³/mol. The molecule has 0 N–H and O–H groups in total. The Morgan fingerprint density at radius 3 is 2.21 bits per heavy atom. The lowest BCUT2D eigenvalue weighted by Crippen LogP contribution is -2.46. The van der Waals surface area contributed by atoms with Gasteiger partial charge in [0.05, 0.1) is 28.9 Å². The first-order valence-corrected chi connectivity index (χ1v) is 8.93. The van der Waals surface area contributed by atoms with Gasteiger partial charge in [-0.15, -0.1) is 0 Å². The second-order valence-corrected chi connectivity index (χ2v) is 8.77. The number of fused-ring (bicyclic) bond motifs is 1. The Bertz CT molecular complexity index is 805. The number of ether oxygens (including phenoxy) is 1. The Hall–Kier alpha value is -1.42. The molecule has 4 heteroatoms. The summed E-state index contributed by atoms with van der Waals surface area (Å²) in [5.41, 5.74) is 3.32. The lowest BCUT2D eigenvalue weighted by molar-refractivity contribution is -0.123. The minimum atomic E-state index is -0.430. The van der Waals surface area contributed by atoms with Crippen molar-refractivity contribution in [3.8, 4) is 0 Å². The fourth-order valence-corrected chi connectivity index (χ4v) is 4.49. The Kier molecular flexibility index (Phi) is 3.49. The lowest BCUT2D eigenvalue weighted by Gasteiger charge is -2.45. The highest BCUT2D eigenvalue weighted by Crippen LogP contribution is 2.66. The van der Waals surface area contributed by atoms with E-state index in [2.05, 4.69) is 69.0 Å². The Balaban J connectivity index is 2.30.